The number of nitrogens with zero attached hydrogens (tertiary/aromatic N) is 5. The molecule has 0 aromatic carbocycles. The van der Waals surface area contributed by atoms with Gasteiger partial charge in [-0.25, -0.2) is 4.68 Å². The molecule has 2 N–H and O–H groups in total. The zero-order chi connectivity index (χ0) is 15.9. The highest BCUT2D eigenvalue weighted by Gasteiger charge is 2.39. The third-order valence-electron chi connectivity index (χ3n) is 4.89. The Bertz CT molecular complexity index is 662. The van der Waals surface area contributed by atoms with Crippen LogP contribution in [-0.4, -0.2) is 39.6 Å². The number of anilines is 1. The monoisotopic (exact) mass is 300 g/mol. The van der Waals surface area contributed by atoms with Gasteiger partial charge in [0.15, 0.2) is 11.6 Å². The maximum atomic E-state index is 5.94. The average Bonchev–Trinajstić information content (AvgIpc) is 2.99. The number of aryl methyl sites for hydroxylation is 2. The van der Waals surface area contributed by atoms with Crippen molar-refractivity contribution in [1.29, 1.82) is 0 Å². The minimum absolute atomic E-state index is 0.149. The van der Waals surface area contributed by atoms with E-state index in [1.165, 1.54) is 0 Å². The molecule has 1 fully saturated rings. The molecular formula is C16H24N6. The van der Waals surface area contributed by atoms with Crippen LogP contribution in [0, 0.1) is 25.2 Å². The Hall–Kier alpha value is -1.95. The molecule has 6 nitrogen and oxygen atoms in total. The lowest BCUT2D eigenvalue weighted by atomic mass is 9.81. The lowest BCUT2D eigenvalue weighted by molar-refractivity contribution is 0.287. The average molecular weight is 300 g/mol. The van der Waals surface area contributed by atoms with E-state index in [9.17, 15) is 0 Å². The normalized spacial score (nSPS) is 25.0. The molecule has 2 aromatic rings. The van der Waals surface area contributed by atoms with Gasteiger partial charge in [-0.15, -0.1) is 10.2 Å². The van der Waals surface area contributed by atoms with Crippen LogP contribution in [0.25, 0.3) is 5.82 Å². The Morgan fingerprint density at radius 3 is 2.45 bits per heavy atom. The molecule has 0 radical (unpaired) electrons. The van der Waals surface area contributed by atoms with E-state index in [-0.39, 0.29) is 5.41 Å². The van der Waals surface area contributed by atoms with Crippen LogP contribution < -0.4 is 10.6 Å². The van der Waals surface area contributed by atoms with Gasteiger partial charge in [0, 0.05) is 24.2 Å². The standard InChI is InChI=1S/C16H24N6/c1-11-8-21(10-16(11,4)9-17)14-5-6-15(19-18-14)22-13(3)7-12(2)20-22/h5-7,11H,8-10,17H2,1-4H3/t11-,16-/m1/s1. The summed E-state index contributed by atoms with van der Waals surface area (Å²) in [6, 6.07) is 6.03. The zero-order valence-corrected chi connectivity index (χ0v) is 13.7. The van der Waals surface area contributed by atoms with Crippen molar-refractivity contribution in [2.45, 2.75) is 27.7 Å². The molecule has 1 aliphatic heterocycles. The summed E-state index contributed by atoms with van der Waals surface area (Å²) in [7, 11) is 0. The summed E-state index contributed by atoms with van der Waals surface area (Å²) in [6.07, 6.45) is 0. The van der Waals surface area contributed by atoms with Crippen LogP contribution in [-0.2, 0) is 0 Å². The molecular weight excluding hydrogens is 276 g/mol. The van der Waals surface area contributed by atoms with Crippen molar-refractivity contribution in [1.82, 2.24) is 20.0 Å². The minimum Gasteiger partial charge on any atom is -0.354 e. The topological polar surface area (TPSA) is 72.9 Å². The first-order valence-corrected chi connectivity index (χ1v) is 7.75. The predicted molar refractivity (Wildman–Crippen MR) is 87.2 cm³/mol. The van der Waals surface area contributed by atoms with Gasteiger partial charge >= 0.3 is 0 Å². The van der Waals surface area contributed by atoms with E-state index in [1.807, 2.05) is 36.7 Å². The van der Waals surface area contributed by atoms with Crippen molar-refractivity contribution in [2.24, 2.45) is 17.1 Å². The Balaban J connectivity index is 1.82. The van der Waals surface area contributed by atoms with E-state index in [4.69, 9.17) is 5.73 Å². The number of hydrogen-bond acceptors (Lipinski definition) is 5. The van der Waals surface area contributed by atoms with E-state index >= 15 is 0 Å². The second-order valence-corrected chi connectivity index (χ2v) is 6.73. The fourth-order valence-electron chi connectivity index (χ4n) is 3.11. The first-order chi connectivity index (χ1) is 10.4. The van der Waals surface area contributed by atoms with Gasteiger partial charge in [0.05, 0.1) is 5.69 Å². The van der Waals surface area contributed by atoms with Gasteiger partial charge in [-0.1, -0.05) is 13.8 Å². The maximum absolute atomic E-state index is 5.94. The van der Waals surface area contributed by atoms with Gasteiger partial charge in [0.1, 0.15) is 0 Å². The third-order valence-corrected chi connectivity index (χ3v) is 4.89. The molecule has 3 heterocycles. The van der Waals surface area contributed by atoms with Crippen LogP contribution in [0.2, 0.25) is 0 Å². The molecule has 0 aliphatic carbocycles. The lowest BCUT2D eigenvalue weighted by Gasteiger charge is -2.26. The van der Waals surface area contributed by atoms with E-state index in [0.29, 0.717) is 12.5 Å². The van der Waals surface area contributed by atoms with Crippen molar-refractivity contribution in [3.63, 3.8) is 0 Å². The van der Waals surface area contributed by atoms with Gasteiger partial charge in [0.25, 0.3) is 0 Å². The molecule has 22 heavy (non-hydrogen) atoms. The first kappa shape index (κ1) is 15.0. The summed E-state index contributed by atoms with van der Waals surface area (Å²) in [5.74, 6) is 2.22. The summed E-state index contributed by atoms with van der Waals surface area (Å²) in [6.45, 7) is 11.1. The Labute approximate surface area is 131 Å². The molecule has 3 rings (SSSR count). The highest BCUT2D eigenvalue weighted by atomic mass is 15.4. The Morgan fingerprint density at radius 2 is 1.95 bits per heavy atom. The van der Waals surface area contributed by atoms with Gasteiger partial charge in [0.2, 0.25) is 0 Å². The smallest absolute Gasteiger partial charge is 0.176 e. The van der Waals surface area contributed by atoms with E-state index in [2.05, 4.69) is 34.0 Å². The maximum Gasteiger partial charge on any atom is 0.176 e. The quantitative estimate of drug-likeness (QED) is 0.934. The van der Waals surface area contributed by atoms with Crippen LogP contribution in [0.4, 0.5) is 5.82 Å². The zero-order valence-electron chi connectivity index (χ0n) is 13.7. The fourth-order valence-corrected chi connectivity index (χ4v) is 3.11. The highest BCUT2D eigenvalue weighted by molar-refractivity contribution is 5.42. The molecule has 1 saturated heterocycles. The second-order valence-electron chi connectivity index (χ2n) is 6.73. The van der Waals surface area contributed by atoms with Crippen LogP contribution in [0.1, 0.15) is 25.2 Å². The fraction of sp³-hybridized carbons (Fsp3) is 0.562. The third kappa shape index (κ3) is 2.47. The molecule has 0 saturated carbocycles. The van der Waals surface area contributed by atoms with Crippen molar-refractivity contribution < 1.29 is 0 Å². The van der Waals surface area contributed by atoms with E-state index < -0.39 is 0 Å². The van der Waals surface area contributed by atoms with E-state index in [1.54, 1.807) is 0 Å². The molecule has 0 bridgehead atoms. The summed E-state index contributed by atoms with van der Waals surface area (Å²) in [5.41, 5.74) is 8.13. The van der Waals surface area contributed by atoms with E-state index in [0.717, 1.165) is 36.1 Å². The Kier molecular flexibility index (Phi) is 3.64. The molecule has 6 heteroatoms. The number of rotatable bonds is 3. The van der Waals surface area contributed by atoms with Crippen LogP contribution in [0.5, 0.6) is 0 Å². The van der Waals surface area contributed by atoms with Crippen LogP contribution in [0.3, 0.4) is 0 Å². The summed E-state index contributed by atoms with van der Waals surface area (Å²) in [5, 5.41) is 13.2. The predicted octanol–water partition coefficient (Wildman–Crippen LogP) is 1.70. The summed E-state index contributed by atoms with van der Waals surface area (Å²) in [4.78, 5) is 2.27. The summed E-state index contributed by atoms with van der Waals surface area (Å²) >= 11 is 0. The molecule has 2 atom stereocenters. The molecule has 0 unspecified atom stereocenters. The minimum atomic E-state index is 0.149. The van der Waals surface area contributed by atoms with Crippen molar-refractivity contribution >= 4 is 5.82 Å². The van der Waals surface area contributed by atoms with Gasteiger partial charge in [-0.3, -0.25) is 0 Å². The SMILES string of the molecule is Cc1cc(C)n(-c2ccc(N3C[C@@H](C)[C@](C)(CN)C3)nn2)n1. The highest BCUT2D eigenvalue weighted by Crippen LogP contribution is 2.36. The van der Waals surface area contributed by atoms with Gasteiger partial charge in [-0.2, -0.15) is 5.10 Å². The first-order valence-electron chi connectivity index (χ1n) is 7.75. The molecule has 2 aromatic heterocycles. The second kappa shape index (κ2) is 5.35. The van der Waals surface area contributed by atoms with Crippen molar-refractivity contribution in [3.05, 3.63) is 29.6 Å². The van der Waals surface area contributed by atoms with Crippen LogP contribution in [0.15, 0.2) is 18.2 Å². The molecule has 1 aliphatic rings. The van der Waals surface area contributed by atoms with Crippen LogP contribution >= 0.6 is 0 Å². The largest absolute Gasteiger partial charge is 0.354 e. The van der Waals surface area contributed by atoms with Crippen molar-refractivity contribution in [3.8, 4) is 5.82 Å². The molecule has 118 valence electrons. The van der Waals surface area contributed by atoms with Gasteiger partial charge in [-0.05, 0) is 44.5 Å². The van der Waals surface area contributed by atoms with Crippen molar-refractivity contribution in [2.75, 3.05) is 24.5 Å². The number of hydrogen-bond donors (Lipinski definition) is 1. The Morgan fingerprint density at radius 1 is 1.27 bits per heavy atom. The number of aromatic nitrogens is 4. The summed E-state index contributed by atoms with van der Waals surface area (Å²) < 4.78 is 1.82. The van der Waals surface area contributed by atoms with Gasteiger partial charge < -0.3 is 10.6 Å². The molecule has 0 spiro atoms. The number of nitrogens with two attached hydrogens (primary N) is 1. The lowest BCUT2D eigenvalue weighted by Crippen LogP contribution is -2.34. The molecule has 0 amide bonds.